The van der Waals surface area contributed by atoms with E-state index in [0.717, 1.165) is 25.1 Å². The fourth-order valence-corrected chi connectivity index (χ4v) is 3.50. The first-order valence-corrected chi connectivity index (χ1v) is 8.56. The Hall–Kier alpha value is -2.40. The summed E-state index contributed by atoms with van der Waals surface area (Å²) in [6.45, 7) is 5.06. The standard InChI is InChI=1S/C19H23N5/c1-13-5-3-4-6-19(13)24-12-15(11-21-24)10-20-16-7-8-17-14(2)22-23-18(17)9-16/h3-6,11-12,16,20H,7-10H2,1-2H3,(H,22,23). The van der Waals surface area contributed by atoms with E-state index >= 15 is 0 Å². The number of hydrogen-bond acceptors (Lipinski definition) is 3. The van der Waals surface area contributed by atoms with Crippen LogP contribution in [0.25, 0.3) is 5.69 Å². The summed E-state index contributed by atoms with van der Waals surface area (Å²) in [5.74, 6) is 0. The summed E-state index contributed by atoms with van der Waals surface area (Å²) in [6.07, 6.45) is 7.34. The summed E-state index contributed by atoms with van der Waals surface area (Å²) in [6, 6.07) is 8.80. The molecule has 2 heterocycles. The Bertz CT molecular complexity index is 845. The maximum Gasteiger partial charge on any atom is 0.0674 e. The number of aromatic nitrogens is 4. The molecule has 5 nitrogen and oxygen atoms in total. The fourth-order valence-electron chi connectivity index (χ4n) is 3.50. The average molecular weight is 321 g/mol. The van der Waals surface area contributed by atoms with Gasteiger partial charge in [-0.3, -0.25) is 5.10 Å². The molecule has 0 aliphatic heterocycles. The minimum atomic E-state index is 0.488. The van der Waals surface area contributed by atoms with Gasteiger partial charge in [-0.05, 0) is 43.9 Å². The average Bonchev–Trinajstić information content (AvgIpc) is 3.21. The Morgan fingerprint density at radius 1 is 1.29 bits per heavy atom. The Morgan fingerprint density at radius 2 is 2.17 bits per heavy atom. The molecule has 2 N–H and O–H groups in total. The first-order chi connectivity index (χ1) is 11.7. The lowest BCUT2D eigenvalue weighted by molar-refractivity contribution is 0.453. The van der Waals surface area contributed by atoms with E-state index in [2.05, 4.69) is 58.9 Å². The van der Waals surface area contributed by atoms with Crippen molar-refractivity contribution in [1.82, 2.24) is 25.3 Å². The minimum Gasteiger partial charge on any atom is -0.309 e. The lowest BCUT2D eigenvalue weighted by Crippen LogP contribution is -2.34. The zero-order valence-electron chi connectivity index (χ0n) is 14.2. The van der Waals surface area contributed by atoms with Gasteiger partial charge in [0.05, 0.1) is 17.6 Å². The minimum absolute atomic E-state index is 0.488. The monoisotopic (exact) mass is 321 g/mol. The maximum atomic E-state index is 4.51. The van der Waals surface area contributed by atoms with Crippen molar-refractivity contribution in [2.75, 3.05) is 0 Å². The molecule has 5 heteroatoms. The summed E-state index contributed by atoms with van der Waals surface area (Å²) < 4.78 is 1.96. The number of rotatable bonds is 4. The van der Waals surface area contributed by atoms with Gasteiger partial charge in [0.2, 0.25) is 0 Å². The van der Waals surface area contributed by atoms with Crippen LogP contribution in [0.5, 0.6) is 0 Å². The third-order valence-corrected chi connectivity index (χ3v) is 4.94. The van der Waals surface area contributed by atoms with Crippen molar-refractivity contribution in [3.63, 3.8) is 0 Å². The molecule has 1 aliphatic carbocycles. The molecule has 0 radical (unpaired) electrons. The van der Waals surface area contributed by atoms with Crippen molar-refractivity contribution >= 4 is 0 Å². The molecular formula is C19H23N5. The van der Waals surface area contributed by atoms with Crippen LogP contribution in [0, 0.1) is 13.8 Å². The molecule has 124 valence electrons. The van der Waals surface area contributed by atoms with Gasteiger partial charge in [0.25, 0.3) is 0 Å². The van der Waals surface area contributed by atoms with Gasteiger partial charge >= 0.3 is 0 Å². The predicted molar refractivity (Wildman–Crippen MR) is 94.3 cm³/mol. The van der Waals surface area contributed by atoms with E-state index in [1.807, 2.05) is 16.9 Å². The van der Waals surface area contributed by atoms with Gasteiger partial charge in [-0.1, -0.05) is 18.2 Å². The molecule has 0 amide bonds. The van der Waals surface area contributed by atoms with Gasteiger partial charge in [0, 0.05) is 36.5 Å². The first-order valence-electron chi connectivity index (χ1n) is 8.56. The second kappa shape index (κ2) is 6.24. The number of nitrogens with one attached hydrogen (secondary N) is 2. The van der Waals surface area contributed by atoms with Crippen LogP contribution in [0.15, 0.2) is 36.7 Å². The molecule has 1 atom stereocenters. The molecule has 2 aromatic heterocycles. The van der Waals surface area contributed by atoms with Gasteiger partial charge in [-0.15, -0.1) is 0 Å². The summed E-state index contributed by atoms with van der Waals surface area (Å²) in [7, 11) is 0. The highest BCUT2D eigenvalue weighted by atomic mass is 15.3. The van der Waals surface area contributed by atoms with Crippen LogP contribution >= 0.6 is 0 Å². The molecule has 3 aromatic rings. The van der Waals surface area contributed by atoms with Crippen LogP contribution in [-0.2, 0) is 19.4 Å². The molecule has 0 fully saturated rings. The Labute approximate surface area is 142 Å². The Kier molecular flexibility index (Phi) is 3.94. The van der Waals surface area contributed by atoms with E-state index in [-0.39, 0.29) is 0 Å². The summed E-state index contributed by atoms with van der Waals surface area (Å²) in [4.78, 5) is 0. The van der Waals surface area contributed by atoms with E-state index in [9.17, 15) is 0 Å². The van der Waals surface area contributed by atoms with Crippen LogP contribution in [-0.4, -0.2) is 26.0 Å². The van der Waals surface area contributed by atoms with Crippen molar-refractivity contribution in [2.45, 2.75) is 45.7 Å². The molecule has 0 saturated carbocycles. The molecule has 0 bridgehead atoms. The quantitative estimate of drug-likeness (QED) is 0.777. The molecule has 1 aromatic carbocycles. The Morgan fingerprint density at radius 3 is 3.04 bits per heavy atom. The highest BCUT2D eigenvalue weighted by molar-refractivity contribution is 5.39. The predicted octanol–water partition coefficient (Wildman–Crippen LogP) is 2.86. The largest absolute Gasteiger partial charge is 0.309 e. The number of aromatic amines is 1. The van der Waals surface area contributed by atoms with Crippen molar-refractivity contribution in [3.8, 4) is 5.69 Å². The SMILES string of the molecule is Cc1ccccc1-n1cc(CNC2CCc3c(n[nH]c3C)C2)cn1. The summed E-state index contributed by atoms with van der Waals surface area (Å²) >= 11 is 0. The van der Waals surface area contributed by atoms with Crippen molar-refractivity contribution in [1.29, 1.82) is 0 Å². The van der Waals surface area contributed by atoms with Crippen LogP contribution in [0.1, 0.15) is 34.5 Å². The van der Waals surface area contributed by atoms with Gasteiger partial charge < -0.3 is 5.32 Å². The highest BCUT2D eigenvalue weighted by Crippen LogP contribution is 2.22. The second-order valence-electron chi connectivity index (χ2n) is 6.67. The van der Waals surface area contributed by atoms with Crippen molar-refractivity contribution in [2.24, 2.45) is 0 Å². The van der Waals surface area contributed by atoms with Gasteiger partial charge in [0.1, 0.15) is 0 Å². The van der Waals surface area contributed by atoms with E-state index in [1.165, 1.54) is 34.5 Å². The summed E-state index contributed by atoms with van der Waals surface area (Å²) in [5.41, 5.74) is 7.45. The third-order valence-electron chi connectivity index (χ3n) is 4.94. The molecule has 1 unspecified atom stereocenters. The molecule has 4 rings (SSSR count). The second-order valence-corrected chi connectivity index (χ2v) is 6.67. The van der Waals surface area contributed by atoms with Crippen LogP contribution < -0.4 is 5.32 Å². The van der Waals surface area contributed by atoms with Crippen LogP contribution in [0.2, 0.25) is 0 Å². The maximum absolute atomic E-state index is 4.51. The number of nitrogens with zero attached hydrogens (tertiary/aromatic N) is 3. The van der Waals surface area contributed by atoms with E-state index in [0.29, 0.717) is 6.04 Å². The van der Waals surface area contributed by atoms with E-state index in [1.54, 1.807) is 0 Å². The van der Waals surface area contributed by atoms with Gasteiger partial charge in [-0.2, -0.15) is 10.2 Å². The third kappa shape index (κ3) is 2.87. The smallest absolute Gasteiger partial charge is 0.0674 e. The number of hydrogen-bond donors (Lipinski definition) is 2. The number of fused-ring (bicyclic) bond motifs is 1. The van der Waals surface area contributed by atoms with Crippen molar-refractivity contribution < 1.29 is 0 Å². The zero-order valence-corrected chi connectivity index (χ0v) is 14.2. The highest BCUT2D eigenvalue weighted by Gasteiger charge is 2.22. The van der Waals surface area contributed by atoms with Gasteiger partial charge in [-0.25, -0.2) is 4.68 Å². The molecule has 1 aliphatic rings. The lowest BCUT2D eigenvalue weighted by Gasteiger charge is -2.22. The van der Waals surface area contributed by atoms with Crippen LogP contribution in [0.4, 0.5) is 0 Å². The fraction of sp³-hybridized carbons (Fsp3) is 0.368. The normalized spacial score (nSPS) is 17.0. The van der Waals surface area contributed by atoms with Crippen LogP contribution in [0.3, 0.4) is 0 Å². The molecule has 0 saturated heterocycles. The first kappa shape index (κ1) is 15.1. The lowest BCUT2D eigenvalue weighted by atomic mass is 9.92. The number of aryl methyl sites for hydroxylation is 2. The summed E-state index contributed by atoms with van der Waals surface area (Å²) in [5, 5.41) is 15.7. The number of benzene rings is 1. The van der Waals surface area contributed by atoms with Crippen molar-refractivity contribution in [3.05, 3.63) is 64.7 Å². The van der Waals surface area contributed by atoms with E-state index in [4.69, 9.17) is 0 Å². The molecular weight excluding hydrogens is 298 g/mol. The van der Waals surface area contributed by atoms with Gasteiger partial charge in [0.15, 0.2) is 0 Å². The topological polar surface area (TPSA) is 58.5 Å². The number of H-pyrrole nitrogens is 1. The Balaban J connectivity index is 1.40. The zero-order chi connectivity index (χ0) is 16.5. The number of para-hydroxylation sites is 1. The van der Waals surface area contributed by atoms with E-state index < -0.39 is 0 Å². The molecule has 0 spiro atoms. The molecule has 24 heavy (non-hydrogen) atoms.